The number of hydrogen-bond acceptors (Lipinski definition) is 7. The third kappa shape index (κ3) is 4.30. The summed E-state index contributed by atoms with van der Waals surface area (Å²) in [5, 5.41) is 13.7. The van der Waals surface area contributed by atoms with Gasteiger partial charge in [-0.15, -0.1) is 10.2 Å². The fourth-order valence-electron chi connectivity index (χ4n) is 2.41. The minimum Gasteiger partial charge on any atom is -0.465 e. The van der Waals surface area contributed by atoms with E-state index in [1.54, 1.807) is 36.4 Å². The van der Waals surface area contributed by atoms with E-state index >= 15 is 0 Å². The lowest BCUT2D eigenvalue weighted by Crippen LogP contribution is -2.27. The molecule has 1 aliphatic heterocycles. The van der Waals surface area contributed by atoms with Crippen LogP contribution in [-0.4, -0.2) is 41.9 Å². The lowest BCUT2D eigenvalue weighted by molar-refractivity contribution is -0.124. The van der Waals surface area contributed by atoms with Crippen molar-refractivity contribution in [1.82, 2.24) is 10.2 Å². The normalized spacial score (nSPS) is 16.3. The number of aromatic nitrogens is 2. The van der Waals surface area contributed by atoms with E-state index in [4.69, 9.17) is 4.74 Å². The molecule has 1 saturated heterocycles. The van der Waals surface area contributed by atoms with Gasteiger partial charge >= 0.3 is 5.97 Å². The van der Waals surface area contributed by atoms with Gasteiger partial charge in [0.25, 0.3) is 5.91 Å². The van der Waals surface area contributed by atoms with Gasteiger partial charge in [-0.1, -0.05) is 0 Å². The van der Waals surface area contributed by atoms with E-state index in [2.05, 4.69) is 25.6 Å². The van der Waals surface area contributed by atoms with Crippen molar-refractivity contribution in [3.05, 3.63) is 42.0 Å². The first kappa shape index (κ1) is 16.8. The zero-order chi connectivity index (χ0) is 17.6. The SMILES string of the molecule is COC(=O)c1ccc(Nc2ccc(NC(=O)C3CCCO3)nn2)cc1. The van der Waals surface area contributed by atoms with Crippen molar-refractivity contribution < 1.29 is 19.1 Å². The first-order chi connectivity index (χ1) is 12.2. The predicted molar refractivity (Wildman–Crippen MR) is 90.7 cm³/mol. The molecule has 1 unspecified atom stereocenters. The van der Waals surface area contributed by atoms with E-state index in [9.17, 15) is 9.59 Å². The lowest BCUT2D eigenvalue weighted by atomic mass is 10.2. The lowest BCUT2D eigenvalue weighted by Gasteiger charge is -2.10. The molecule has 1 amide bonds. The highest BCUT2D eigenvalue weighted by molar-refractivity contribution is 5.93. The number of ether oxygens (including phenoxy) is 2. The molecule has 0 spiro atoms. The van der Waals surface area contributed by atoms with Crippen LogP contribution in [0.5, 0.6) is 0 Å². The number of nitrogens with one attached hydrogen (secondary N) is 2. The van der Waals surface area contributed by atoms with Gasteiger partial charge in [-0.05, 0) is 49.2 Å². The number of hydrogen-bond donors (Lipinski definition) is 2. The Bertz CT molecular complexity index is 740. The van der Waals surface area contributed by atoms with Crippen LogP contribution < -0.4 is 10.6 Å². The van der Waals surface area contributed by atoms with Crippen molar-refractivity contribution in [2.75, 3.05) is 24.4 Å². The van der Waals surface area contributed by atoms with Gasteiger partial charge in [0.1, 0.15) is 6.10 Å². The Hall–Kier alpha value is -3.00. The van der Waals surface area contributed by atoms with Gasteiger partial charge in [0.2, 0.25) is 0 Å². The van der Waals surface area contributed by atoms with Gasteiger partial charge in [0.05, 0.1) is 12.7 Å². The number of benzene rings is 1. The minimum atomic E-state index is -0.409. The topological polar surface area (TPSA) is 102 Å². The molecule has 1 atom stereocenters. The molecule has 0 aliphatic carbocycles. The summed E-state index contributed by atoms with van der Waals surface area (Å²) in [6.45, 7) is 0.612. The predicted octanol–water partition coefficient (Wildman–Crippen LogP) is 2.12. The second-order valence-corrected chi connectivity index (χ2v) is 5.49. The Morgan fingerprint density at radius 3 is 2.44 bits per heavy atom. The average molecular weight is 342 g/mol. The van der Waals surface area contributed by atoms with E-state index in [1.165, 1.54) is 7.11 Å². The molecule has 2 heterocycles. The zero-order valence-electron chi connectivity index (χ0n) is 13.7. The molecule has 8 nitrogen and oxygen atoms in total. The summed E-state index contributed by atoms with van der Waals surface area (Å²) in [6, 6.07) is 10.1. The molecular weight excluding hydrogens is 324 g/mol. The molecule has 0 saturated carbocycles. The Balaban J connectivity index is 1.58. The van der Waals surface area contributed by atoms with Gasteiger partial charge in [0, 0.05) is 12.3 Å². The van der Waals surface area contributed by atoms with Crippen molar-refractivity contribution in [2.45, 2.75) is 18.9 Å². The van der Waals surface area contributed by atoms with Crippen LogP contribution in [0.25, 0.3) is 0 Å². The largest absolute Gasteiger partial charge is 0.465 e. The molecule has 25 heavy (non-hydrogen) atoms. The van der Waals surface area contributed by atoms with Gasteiger partial charge in [-0.3, -0.25) is 4.79 Å². The van der Waals surface area contributed by atoms with Gasteiger partial charge in [0.15, 0.2) is 11.6 Å². The highest BCUT2D eigenvalue weighted by Crippen LogP contribution is 2.17. The third-order valence-electron chi connectivity index (χ3n) is 3.72. The van der Waals surface area contributed by atoms with Gasteiger partial charge < -0.3 is 20.1 Å². The second-order valence-electron chi connectivity index (χ2n) is 5.49. The molecule has 0 radical (unpaired) electrons. The number of carbonyl (C=O) groups excluding carboxylic acids is 2. The first-order valence-corrected chi connectivity index (χ1v) is 7.87. The van der Waals surface area contributed by atoms with Crippen LogP contribution in [-0.2, 0) is 14.3 Å². The molecule has 1 aromatic carbocycles. The Kier molecular flexibility index (Phi) is 5.20. The summed E-state index contributed by atoms with van der Waals surface area (Å²) in [5.74, 6) is 0.289. The summed E-state index contributed by atoms with van der Waals surface area (Å²) < 4.78 is 9.97. The number of amides is 1. The highest BCUT2D eigenvalue weighted by atomic mass is 16.5. The molecule has 3 rings (SSSR count). The monoisotopic (exact) mass is 342 g/mol. The maximum atomic E-state index is 11.9. The average Bonchev–Trinajstić information content (AvgIpc) is 3.18. The number of methoxy groups -OCH3 is 1. The van der Waals surface area contributed by atoms with Crippen LogP contribution in [0.15, 0.2) is 36.4 Å². The maximum absolute atomic E-state index is 11.9. The van der Waals surface area contributed by atoms with E-state index in [1.807, 2.05) is 0 Å². The molecule has 0 bridgehead atoms. The fourth-order valence-corrected chi connectivity index (χ4v) is 2.41. The summed E-state index contributed by atoms with van der Waals surface area (Å²) in [7, 11) is 1.34. The maximum Gasteiger partial charge on any atom is 0.337 e. The standard InChI is InChI=1S/C17H18N4O4/c1-24-17(23)11-4-6-12(7-5-11)18-14-8-9-15(21-20-14)19-16(22)13-3-2-10-25-13/h4-9,13H,2-3,10H2,1H3,(H,18,20)(H,19,21,22). The van der Waals surface area contributed by atoms with E-state index < -0.39 is 12.1 Å². The van der Waals surface area contributed by atoms with Crippen molar-refractivity contribution in [3.8, 4) is 0 Å². The van der Waals surface area contributed by atoms with Crippen molar-refractivity contribution in [2.24, 2.45) is 0 Å². The van der Waals surface area contributed by atoms with Crippen LogP contribution in [0.3, 0.4) is 0 Å². The van der Waals surface area contributed by atoms with Crippen LogP contribution >= 0.6 is 0 Å². The van der Waals surface area contributed by atoms with Crippen LogP contribution in [0.1, 0.15) is 23.2 Å². The Morgan fingerprint density at radius 2 is 1.84 bits per heavy atom. The Labute approximate surface area is 144 Å². The molecule has 1 aromatic heterocycles. The van der Waals surface area contributed by atoms with E-state index in [0.29, 0.717) is 23.8 Å². The number of nitrogens with zero attached hydrogens (tertiary/aromatic N) is 2. The molecule has 2 N–H and O–H groups in total. The van der Waals surface area contributed by atoms with E-state index in [-0.39, 0.29) is 5.91 Å². The van der Waals surface area contributed by atoms with Gasteiger partial charge in [-0.25, -0.2) is 4.79 Å². The van der Waals surface area contributed by atoms with Gasteiger partial charge in [-0.2, -0.15) is 0 Å². The fraction of sp³-hybridized carbons (Fsp3) is 0.294. The van der Waals surface area contributed by atoms with Crippen molar-refractivity contribution in [1.29, 1.82) is 0 Å². The number of rotatable bonds is 5. The highest BCUT2D eigenvalue weighted by Gasteiger charge is 2.23. The Morgan fingerprint density at radius 1 is 1.12 bits per heavy atom. The summed E-state index contributed by atoms with van der Waals surface area (Å²) in [4.78, 5) is 23.3. The summed E-state index contributed by atoms with van der Waals surface area (Å²) in [6.07, 6.45) is 1.20. The van der Waals surface area contributed by atoms with Crippen LogP contribution in [0.2, 0.25) is 0 Å². The first-order valence-electron chi connectivity index (χ1n) is 7.87. The van der Waals surface area contributed by atoms with Crippen molar-refractivity contribution >= 4 is 29.2 Å². The van der Waals surface area contributed by atoms with Crippen molar-refractivity contribution in [3.63, 3.8) is 0 Å². The number of carbonyl (C=O) groups is 2. The number of anilines is 3. The van der Waals surface area contributed by atoms with Crippen LogP contribution in [0.4, 0.5) is 17.3 Å². The third-order valence-corrected chi connectivity index (χ3v) is 3.72. The summed E-state index contributed by atoms with van der Waals surface area (Å²) >= 11 is 0. The number of esters is 1. The zero-order valence-corrected chi connectivity index (χ0v) is 13.7. The summed E-state index contributed by atoms with van der Waals surface area (Å²) in [5.41, 5.74) is 1.21. The molecular formula is C17H18N4O4. The molecule has 2 aromatic rings. The van der Waals surface area contributed by atoms with Crippen LogP contribution in [0, 0.1) is 0 Å². The molecule has 1 aliphatic rings. The minimum absolute atomic E-state index is 0.203. The quantitative estimate of drug-likeness (QED) is 0.802. The molecule has 1 fully saturated rings. The molecule has 8 heteroatoms. The second kappa shape index (κ2) is 7.71. The molecule has 130 valence electrons. The smallest absolute Gasteiger partial charge is 0.337 e. The van der Waals surface area contributed by atoms with E-state index in [0.717, 1.165) is 18.5 Å².